The summed E-state index contributed by atoms with van der Waals surface area (Å²) in [7, 11) is 0. The van der Waals surface area contributed by atoms with E-state index in [9.17, 15) is 4.79 Å². The van der Waals surface area contributed by atoms with Crippen molar-refractivity contribution >= 4 is 17.8 Å². The van der Waals surface area contributed by atoms with E-state index in [1.165, 1.54) is 51.4 Å². The van der Waals surface area contributed by atoms with Gasteiger partial charge in [-0.1, -0.05) is 77.1 Å². The molecule has 0 N–H and O–H groups in total. The molecule has 4 heteroatoms. The highest BCUT2D eigenvalue weighted by Crippen LogP contribution is 2.67. The summed E-state index contributed by atoms with van der Waals surface area (Å²) in [5, 5.41) is 0. The van der Waals surface area contributed by atoms with Gasteiger partial charge in [-0.2, -0.15) is 0 Å². The highest BCUT2D eigenvalue weighted by molar-refractivity contribution is 6.17. The second-order valence-electron chi connectivity index (χ2n) is 12.8. The topological polar surface area (TPSA) is 35.5 Å². The van der Waals surface area contributed by atoms with Gasteiger partial charge in [0.05, 0.1) is 0 Å². The largest absolute Gasteiger partial charge is 0.509 e. The van der Waals surface area contributed by atoms with Crippen LogP contribution in [-0.2, 0) is 9.47 Å². The first-order valence-electron chi connectivity index (χ1n) is 13.8. The average molecular weight is 479 g/mol. The van der Waals surface area contributed by atoms with Crippen LogP contribution in [-0.4, -0.2) is 18.3 Å². The lowest BCUT2D eigenvalue weighted by molar-refractivity contribution is -0.0611. The third kappa shape index (κ3) is 4.87. The van der Waals surface area contributed by atoms with Gasteiger partial charge >= 0.3 is 6.16 Å². The molecule has 0 aliphatic heterocycles. The number of allylic oxidation sites excluding steroid dienone is 1. The molecule has 4 aliphatic carbocycles. The second kappa shape index (κ2) is 10.1. The Morgan fingerprint density at radius 1 is 1.09 bits per heavy atom. The van der Waals surface area contributed by atoms with Crippen LogP contribution in [0.1, 0.15) is 105 Å². The number of carbonyl (C=O) groups is 1. The minimum absolute atomic E-state index is 0.0620. The van der Waals surface area contributed by atoms with Gasteiger partial charge in [0.25, 0.3) is 0 Å². The smallest absolute Gasteiger partial charge is 0.431 e. The summed E-state index contributed by atoms with van der Waals surface area (Å²) in [6, 6.07) is -0.146. The lowest BCUT2D eigenvalue weighted by atomic mass is 9.47. The van der Waals surface area contributed by atoms with Crippen LogP contribution in [0.3, 0.4) is 0 Å². The summed E-state index contributed by atoms with van der Waals surface area (Å²) in [5.74, 6) is 5.11. The summed E-state index contributed by atoms with van der Waals surface area (Å²) in [6.45, 7) is 12.5. The maximum atomic E-state index is 11.8. The van der Waals surface area contributed by atoms with Crippen LogP contribution in [0, 0.1) is 46.3 Å². The van der Waals surface area contributed by atoms with Crippen LogP contribution in [0.5, 0.6) is 0 Å². The molecule has 4 rings (SSSR count). The van der Waals surface area contributed by atoms with Crippen molar-refractivity contribution < 1.29 is 14.3 Å². The van der Waals surface area contributed by atoms with E-state index in [0.29, 0.717) is 5.41 Å². The van der Waals surface area contributed by atoms with Crippen LogP contribution in [0.2, 0.25) is 0 Å². The Morgan fingerprint density at radius 3 is 2.61 bits per heavy atom. The summed E-state index contributed by atoms with van der Waals surface area (Å²) < 4.78 is 10.3. The Kier molecular flexibility index (Phi) is 7.78. The number of hydrogen-bond donors (Lipinski definition) is 0. The fraction of sp³-hybridized carbons (Fsp3) is 0.897. The number of fused-ring (bicyclic) bond motifs is 5. The molecule has 3 nitrogen and oxygen atoms in total. The van der Waals surface area contributed by atoms with Crippen molar-refractivity contribution in [2.24, 2.45) is 46.3 Å². The van der Waals surface area contributed by atoms with Crippen LogP contribution in [0.4, 0.5) is 4.79 Å². The first-order valence-corrected chi connectivity index (χ1v) is 14.3. The van der Waals surface area contributed by atoms with Gasteiger partial charge in [0.2, 0.25) is 0 Å². The molecule has 1 unspecified atom stereocenters. The number of rotatable bonds is 7. The van der Waals surface area contributed by atoms with Gasteiger partial charge in [-0.25, -0.2) is 4.79 Å². The van der Waals surface area contributed by atoms with Crippen molar-refractivity contribution in [1.29, 1.82) is 0 Å². The molecule has 0 aromatic carbocycles. The molecule has 33 heavy (non-hydrogen) atoms. The molecule has 3 saturated carbocycles. The average Bonchev–Trinajstić information content (AvgIpc) is 3.11. The van der Waals surface area contributed by atoms with Gasteiger partial charge in [-0.15, -0.1) is 0 Å². The van der Waals surface area contributed by atoms with E-state index in [-0.39, 0.29) is 17.6 Å². The predicted molar refractivity (Wildman–Crippen MR) is 135 cm³/mol. The molecule has 0 aromatic heterocycles. The molecular formula is C29H47ClO3. The van der Waals surface area contributed by atoms with Gasteiger partial charge < -0.3 is 9.47 Å². The van der Waals surface area contributed by atoms with Crippen molar-refractivity contribution in [3.05, 3.63) is 11.6 Å². The van der Waals surface area contributed by atoms with Crippen LogP contribution in [0.15, 0.2) is 11.6 Å². The lowest BCUT2D eigenvalue weighted by Crippen LogP contribution is -2.51. The third-order valence-electron chi connectivity index (χ3n) is 10.7. The lowest BCUT2D eigenvalue weighted by Gasteiger charge is -2.58. The van der Waals surface area contributed by atoms with Gasteiger partial charge in [-0.3, -0.25) is 0 Å². The van der Waals surface area contributed by atoms with Crippen LogP contribution >= 0.6 is 11.6 Å². The number of alkyl halides is 1. The maximum absolute atomic E-state index is 11.8. The minimum Gasteiger partial charge on any atom is -0.431 e. The summed E-state index contributed by atoms with van der Waals surface area (Å²) in [6.07, 6.45) is 15.9. The monoisotopic (exact) mass is 478 g/mol. The second-order valence-corrected chi connectivity index (χ2v) is 13.0. The van der Waals surface area contributed by atoms with Crippen molar-refractivity contribution in [2.45, 2.75) is 111 Å². The summed E-state index contributed by atoms with van der Waals surface area (Å²) in [4.78, 5) is 11.8. The fourth-order valence-electron chi connectivity index (χ4n) is 8.97. The molecule has 8 atom stereocenters. The quantitative estimate of drug-likeness (QED) is 0.208. The molecule has 0 radical (unpaired) electrons. The highest BCUT2D eigenvalue weighted by atomic mass is 35.5. The van der Waals surface area contributed by atoms with Gasteiger partial charge in [0, 0.05) is 6.42 Å². The number of hydrogen-bond acceptors (Lipinski definition) is 3. The molecule has 3 fully saturated rings. The Morgan fingerprint density at radius 2 is 1.88 bits per heavy atom. The molecule has 4 aliphatic rings. The minimum atomic E-state index is -0.624. The molecule has 0 aromatic rings. The van der Waals surface area contributed by atoms with Gasteiger partial charge in [0.1, 0.15) is 6.10 Å². The Labute approximate surface area is 207 Å². The predicted octanol–water partition coefficient (Wildman–Crippen LogP) is 8.75. The Bertz CT molecular complexity index is 732. The van der Waals surface area contributed by atoms with E-state index in [0.717, 1.165) is 54.8 Å². The summed E-state index contributed by atoms with van der Waals surface area (Å²) in [5.41, 5.74) is 2.35. The van der Waals surface area contributed by atoms with Crippen molar-refractivity contribution in [1.82, 2.24) is 0 Å². The van der Waals surface area contributed by atoms with E-state index in [2.05, 4.69) is 40.7 Å². The number of carbonyl (C=O) groups excluding carboxylic acids is 1. The first kappa shape index (κ1) is 25.4. The SMILES string of the molecule is CC(C)CCC[C@@H](C)[C@H]1CC[C@H]2C3CC=C4C[C@@H](OC(=O)OCCl)CC[C@]4(C)[C@H]3CC[C@]12C. The van der Waals surface area contributed by atoms with E-state index in [1.807, 2.05) is 0 Å². The number of halogens is 1. The zero-order chi connectivity index (χ0) is 23.8. The van der Waals surface area contributed by atoms with Crippen LogP contribution in [0.25, 0.3) is 0 Å². The highest BCUT2D eigenvalue weighted by Gasteiger charge is 2.59. The Balaban J connectivity index is 1.43. The molecule has 0 heterocycles. The van der Waals surface area contributed by atoms with E-state index in [4.69, 9.17) is 21.1 Å². The molecule has 0 amide bonds. The molecule has 0 bridgehead atoms. The maximum Gasteiger partial charge on any atom is 0.509 e. The van der Waals surface area contributed by atoms with Crippen molar-refractivity contribution in [3.63, 3.8) is 0 Å². The fourth-order valence-corrected chi connectivity index (χ4v) is 9.06. The zero-order valence-electron chi connectivity index (χ0n) is 21.7. The Hall–Kier alpha value is -0.700. The van der Waals surface area contributed by atoms with Gasteiger partial charge in [-0.05, 0) is 91.3 Å². The normalized spacial score (nSPS) is 40.9. The third-order valence-corrected chi connectivity index (χ3v) is 10.8. The molecule has 0 saturated heterocycles. The standard InChI is InChI=1S/C29H47ClO3/c1-19(2)7-6-8-20(3)24-11-12-25-23-10-9-21-17-22(33-27(31)32-18-30)13-15-28(21,4)26(23)14-16-29(24,25)5/h9,19-20,22-26H,6-8,10-18H2,1-5H3/t20-,22+,23?,24-,25+,26+,28+,29-/m1/s1. The molecule has 0 spiro atoms. The summed E-state index contributed by atoms with van der Waals surface area (Å²) >= 11 is 5.51. The zero-order valence-corrected chi connectivity index (χ0v) is 22.5. The van der Waals surface area contributed by atoms with Crippen molar-refractivity contribution in [2.75, 3.05) is 6.07 Å². The van der Waals surface area contributed by atoms with E-state index in [1.54, 1.807) is 5.57 Å². The van der Waals surface area contributed by atoms with E-state index < -0.39 is 6.16 Å². The molecular weight excluding hydrogens is 432 g/mol. The molecule has 188 valence electrons. The first-order chi connectivity index (χ1) is 15.7. The van der Waals surface area contributed by atoms with E-state index >= 15 is 0 Å². The van der Waals surface area contributed by atoms with Gasteiger partial charge in [0.15, 0.2) is 6.07 Å². The van der Waals surface area contributed by atoms with Crippen LogP contribution < -0.4 is 0 Å². The number of ether oxygens (including phenoxy) is 2. The van der Waals surface area contributed by atoms with Crippen molar-refractivity contribution in [3.8, 4) is 0 Å².